The zero-order valence-electron chi connectivity index (χ0n) is 14.4. The van der Waals surface area contributed by atoms with Crippen LogP contribution < -0.4 is 10.6 Å². The number of amides is 1. The Morgan fingerprint density at radius 3 is 2.85 bits per heavy atom. The number of hydrogen-bond acceptors (Lipinski definition) is 6. The lowest BCUT2D eigenvalue weighted by atomic mass is 10.2. The first-order valence-electron chi connectivity index (χ1n) is 8.29. The molecule has 3 N–H and O–H groups in total. The zero-order valence-corrected chi connectivity index (χ0v) is 15.2. The molecule has 0 radical (unpaired) electrons. The Morgan fingerprint density at radius 1 is 1.26 bits per heavy atom. The number of benzene rings is 1. The fraction of sp³-hybridized carbons (Fsp3) is 0.167. The van der Waals surface area contributed by atoms with Crippen LogP contribution in [-0.4, -0.2) is 29.5 Å². The van der Waals surface area contributed by atoms with Crippen LogP contribution in [0.4, 0.5) is 5.82 Å². The third-order valence-corrected chi connectivity index (χ3v) is 6.33. The molecule has 1 aliphatic rings. The number of anilines is 1. The number of aromatic amines is 1. The highest BCUT2D eigenvalue weighted by molar-refractivity contribution is 7.91. The summed E-state index contributed by atoms with van der Waals surface area (Å²) in [7, 11) is -3.70. The highest BCUT2D eigenvalue weighted by Crippen LogP contribution is 2.37. The minimum Gasteiger partial charge on any atom is -0.305 e. The highest BCUT2D eigenvalue weighted by atomic mass is 32.2. The number of nitrogens with zero attached hydrogens (tertiary/aromatic N) is 2. The first-order chi connectivity index (χ1) is 13.0. The smallest absolute Gasteiger partial charge is 0.258 e. The van der Waals surface area contributed by atoms with Crippen molar-refractivity contribution in [1.82, 2.24) is 20.5 Å². The maximum Gasteiger partial charge on any atom is 0.258 e. The fourth-order valence-electron chi connectivity index (χ4n) is 3.07. The van der Waals surface area contributed by atoms with Gasteiger partial charge in [-0.3, -0.25) is 20.2 Å². The summed E-state index contributed by atoms with van der Waals surface area (Å²) in [4.78, 5) is 16.5. The summed E-state index contributed by atoms with van der Waals surface area (Å²) >= 11 is 0. The van der Waals surface area contributed by atoms with Gasteiger partial charge in [0.1, 0.15) is 5.37 Å². The second kappa shape index (κ2) is 6.60. The summed E-state index contributed by atoms with van der Waals surface area (Å²) in [5, 5.41) is 11.6. The summed E-state index contributed by atoms with van der Waals surface area (Å²) in [6.07, 6.45) is 3.00. The summed E-state index contributed by atoms with van der Waals surface area (Å²) in [6.45, 7) is 2.16. The monoisotopic (exact) mass is 383 g/mol. The van der Waals surface area contributed by atoms with Crippen LogP contribution in [0.15, 0.2) is 53.7 Å². The lowest BCUT2D eigenvalue weighted by Gasteiger charge is -2.15. The van der Waals surface area contributed by atoms with Gasteiger partial charge >= 0.3 is 0 Å². The predicted molar refractivity (Wildman–Crippen MR) is 98.7 cm³/mol. The van der Waals surface area contributed by atoms with Gasteiger partial charge in [0.2, 0.25) is 0 Å². The summed E-state index contributed by atoms with van der Waals surface area (Å²) in [5.41, 5.74) is 2.29. The number of aromatic nitrogens is 3. The van der Waals surface area contributed by atoms with E-state index in [4.69, 9.17) is 0 Å². The molecule has 0 aliphatic carbocycles. The van der Waals surface area contributed by atoms with Crippen molar-refractivity contribution in [3.8, 4) is 0 Å². The lowest BCUT2D eigenvalue weighted by Crippen LogP contribution is -2.24. The van der Waals surface area contributed by atoms with Crippen LogP contribution in [0.3, 0.4) is 0 Å². The summed E-state index contributed by atoms with van der Waals surface area (Å²) in [6, 6.07) is 10.0. The molecule has 27 heavy (non-hydrogen) atoms. The average molecular weight is 383 g/mol. The Hall–Kier alpha value is -3.04. The van der Waals surface area contributed by atoms with Crippen molar-refractivity contribution in [2.24, 2.45) is 0 Å². The Labute approximate surface area is 156 Å². The molecule has 4 rings (SSSR count). The second-order valence-corrected chi connectivity index (χ2v) is 8.32. The number of rotatable bonds is 4. The van der Waals surface area contributed by atoms with Crippen molar-refractivity contribution in [3.05, 3.63) is 71.2 Å². The first kappa shape index (κ1) is 17.4. The number of carbonyl (C=O) groups excluding carboxylic acids is 1. The van der Waals surface area contributed by atoms with Crippen LogP contribution in [0.1, 0.15) is 32.6 Å². The van der Waals surface area contributed by atoms with E-state index in [1.165, 1.54) is 6.20 Å². The van der Waals surface area contributed by atoms with Gasteiger partial charge in [-0.05, 0) is 36.8 Å². The summed E-state index contributed by atoms with van der Waals surface area (Å²) in [5.74, 6) is -0.207. The summed E-state index contributed by atoms with van der Waals surface area (Å²) < 4.78 is 26.3. The molecule has 1 amide bonds. The molecule has 1 unspecified atom stereocenters. The van der Waals surface area contributed by atoms with Crippen molar-refractivity contribution in [2.75, 3.05) is 5.32 Å². The van der Waals surface area contributed by atoms with Gasteiger partial charge in [-0.2, -0.15) is 5.10 Å². The zero-order chi connectivity index (χ0) is 19.0. The molecule has 9 heteroatoms. The number of sulfone groups is 1. The minimum atomic E-state index is -3.70. The molecule has 0 spiro atoms. The van der Waals surface area contributed by atoms with Gasteiger partial charge in [0.05, 0.1) is 21.7 Å². The van der Waals surface area contributed by atoms with E-state index >= 15 is 0 Å². The van der Waals surface area contributed by atoms with Gasteiger partial charge in [-0.1, -0.05) is 12.1 Å². The number of aryl methyl sites for hydroxylation is 1. The van der Waals surface area contributed by atoms with Crippen molar-refractivity contribution in [2.45, 2.75) is 23.7 Å². The Kier molecular flexibility index (Phi) is 4.25. The van der Waals surface area contributed by atoms with E-state index in [1.54, 1.807) is 36.5 Å². The normalized spacial score (nSPS) is 16.1. The fourth-order valence-corrected chi connectivity index (χ4v) is 4.82. The molecule has 2 aromatic heterocycles. The van der Waals surface area contributed by atoms with Crippen molar-refractivity contribution in [3.63, 3.8) is 0 Å². The molecule has 3 aromatic rings. The molecule has 1 aromatic carbocycles. The molecule has 1 atom stereocenters. The molecule has 8 nitrogen and oxygen atoms in total. The highest BCUT2D eigenvalue weighted by Gasteiger charge is 2.39. The van der Waals surface area contributed by atoms with Crippen LogP contribution in [-0.2, 0) is 16.4 Å². The lowest BCUT2D eigenvalue weighted by molar-refractivity contribution is 0.102. The Bertz CT molecular complexity index is 1110. The van der Waals surface area contributed by atoms with Gasteiger partial charge in [0.25, 0.3) is 5.91 Å². The SMILES string of the molecule is Cc1cccc(S(=O)(=O)C2NCc3[nH]nc(NC(=O)c4cccnc4)c32)c1. The number of hydrogen-bond donors (Lipinski definition) is 3. The molecule has 3 heterocycles. The van der Waals surface area contributed by atoms with Crippen LogP contribution in [0.2, 0.25) is 0 Å². The minimum absolute atomic E-state index is 0.199. The number of pyridine rings is 1. The predicted octanol–water partition coefficient (Wildman–Crippen LogP) is 1.94. The maximum absolute atomic E-state index is 13.1. The van der Waals surface area contributed by atoms with E-state index in [-0.39, 0.29) is 10.7 Å². The van der Waals surface area contributed by atoms with Gasteiger partial charge < -0.3 is 5.32 Å². The van der Waals surface area contributed by atoms with Crippen LogP contribution in [0, 0.1) is 6.92 Å². The molecular weight excluding hydrogens is 366 g/mol. The van der Waals surface area contributed by atoms with E-state index in [0.717, 1.165) is 5.56 Å². The van der Waals surface area contributed by atoms with Gasteiger partial charge in [0.15, 0.2) is 15.7 Å². The third-order valence-electron chi connectivity index (χ3n) is 4.39. The topological polar surface area (TPSA) is 117 Å². The van der Waals surface area contributed by atoms with E-state index in [0.29, 0.717) is 23.4 Å². The quantitative estimate of drug-likeness (QED) is 0.634. The van der Waals surface area contributed by atoms with E-state index < -0.39 is 21.1 Å². The largest absolute Gasteiger partial charge is 0.305 e. The third kappa shape index (κ3) is 3.11. The standard InChI is InChI=1S/C18H17N5O3S/c1-11-4-2-6-13(8-11)27(25,26)18-15-14(10-20-18)22-23-16(15)21-17(24)12-5-3-7-19-9-12/h2-9,18,20H,10H2,1H3,(H2,21,22,23,24). The van der Waals surface area contributed by atoms with Gasteiger partial charge in [0, 0.05) is 18.9 Å². The van der Waals surface area contributed by atoms with Crippen molar-refractivity contribution < 1.29 is 13.2 Å². The molecular formula is C18H17N5O3S. The second-order valence-electron chi connectivity index (χ2n) is 6.28. The molecule has 138 valence electrons. The average Bonchev–Trinajstić information content (AvgIpc) is 3.26. The molecule has 0 bridgehead atoms. The van der Waals surface area contributed by atoms with Crippen LogP contribution in [0.25, 0.3) is 0 Å². The van der Waals surface area contributed by atoms with Crippen molar-refractivity contribution >= 4 is 21.6 Å². The van der Waals surface area contributed by atoms with Crippen molar-refractivity contribution in [1.29, 1.82) is 0 Å². The van der Waals surface area contributed by atoms with Gasteiger partial charge in [-0.25, -0.2) is 8.42 Å². The number of nitrogens with one attached hydrogen (secondary N) is 3. The Balaban J connectivity index is 1.68. The molecule has 1 aliphatic heterocycles. The van der Waals surface area contributed by atoms with E-state index in [1.807, 2.05) is 13.0 Å². The van der Waals surface area contributed by atoms with Crippen LogP contribution >= 0.6 is 0 Å². The van der Waals surface area contributed by atoms with E-state index in [9.17, 15) is 13.2 Å². The van der Waals surface area contributed by atoms with E-state index in [2.05, 4.69) is 25.8 Å². The molecule has 0 saturated heterocycles. The number of fused-ring (bicyclic) bond motifs is 1. The first-order valence-corrected chi connectivity index (χ1v) is 9.84. The maximum atomic E-state index is 13.1. The number of H-pyrrole nitrogens is 1. The molecule has 0 saturated carbocycles. The number of carbonyl (C=O) groups is 1. The van der Waals surface area contributed by atoms with Crippen LogP contribution in [0.5, 0.6) is 0 Å². The molecule has 0 fully saturated rings. The Morgan fingerprint density at radius 2 is 2.11 bits per heavy atom. The van der Waals surface area contributed by atoms with Gasteiger partial charge in [-0.15, -0.1) is 0 Å².